The number of benzene rings is 1. The lowest BCUT2D eigenvalue weighted by Gasteiger charge is -2.40. The van der Waals surface area contributed by atoms with E-state index in [1.807, 2.05) is 0 Å². The van der Waals surface area contributed by atoms with Gasteiger partial charge in [-0.3, -0.25) is 4.90 Å². The number of rotatable bonds is 3. The molecule has 1 aromatic rings. The van der Waals surface area contributed by atoms with E-state index >= 15 is 0 Å². The topological polar surface area (TPSA) is 52.9 Å². The molecule has 0 spiro atoms. The van der Waals surface area contributed by atoms with Crippen LogP contribution in [0.5, 0.6) is 5.75 Å². The van der Waals surface area contributed by atoms with E-state index in [1.165, 1.54) is 11.8 Å². The molecule has 0 radical (unpaired) electrons. The van der Waals surface area contributed by atoms with Crippen LogP contribution in [0, 0.1) is 23.3 Å². The summed E-state index contributed by atoms with van der Waals surface area (Å²) in [7, 11) is 0.906. The van der Waals surface area contributed by atoms with Gasteiger partial charge in [-0.15, -0.1) is 0 Å². The van der Waals surface area contributed by atoms with Crippen molar-refractivity contribution < 1.29 is 32.5 Å². The largest absolute Gasteiger partial charge is 0.491 e. The molecule has 1 saturated heterocycles. The molecule has 8 heteroatoms. The Hall–Kier alpha value is -1.38. The second-order valence-corrected chi connectivity index (χ2v) is 5.63. The first kappa shape index (κ1) is 17.0. The molecule has 0 unspecified atom stereocenters. The van der Waals surface area contributed by atoms with E-state index in [9.17, 15) is 27.8 Å². The molecule has 4 nitrogen and oxygen atoms in total. The van der Waals surface area contributed by atoms with Crippen LogP contribution in [0.15, 0.2) is 0 Å². The Kier molecular flexibility index (Phi) is 4.65. The van der Waals surface area contributed by atoms with E-state index in [4.69, 9.17) is 0 Å². The number of piperidine rings is 1. The predicted octanol–water partition coefficient (Wildman–Crippen LogP) is 1.57. The zero-order valence-corrected chi connectivity index (χ0v) is 12.2. The summed E-state index contributed by atoms with van der Waals surface area (Å²) < 4.78 is 59.4. The fourth-order valence-corrected chi connectivity index (χ4v) is 2.43. The number of hydrogen-bond donors (Lipinski definition) is 2. The summed E-state index contributed by atoms with van der Waals surface area (Å²) in [6.45, 7) is 1.17. The first-order valence-corrected chi connectivity index (χ1v) is 6.70. The summed E-state index contributed by atoms with van der Waals surface area (Å²) in [5.74, 6) is -7.35. The fourth-order valence-electron chi connectivity index (χ4n) is 2.43. The number of halogens is 4. The lowest BCUT2D eigenvalue weighted by Crippen LogP contribution is -2.53. The van der Waals surface area contributed by atoms with E-state index in [0.717, 1.165) is 7.11 Å². The van der Waals surface area contributed by atoms with Gasteiger partial charge in [0.25, 0.3) is 0 Å². The SMILES string of the molecule is COc1c(F)c(F)c(CN2CC[C@](C)(O)[C@H](O)C2)c(F)c1F. The maximum absolute atomic E-state index is 13.9. The van der Waals surface area contributed by atoms with Crippen molar-refractivity contribution in [2.24, 2.45) is 0 Å². The van der Waals surface area contributed by atoms with Gasteiger partial charge in [0.15, 0.2) is 17.4 Å². The minimum atomic E-state index is -1.60. The zero-order valence-electron chi connectivity index (χ0n) is 12.2. The highest BCUT2D eigenvalue weighted by molar-refractivity contribution is 5.34. The molecule has 1 aliphatic rings. The Bertz CT molecular complexity index is 551. The highest BCUT2D eigenvalue weighted by Gasteiger charge is 2.37. The van der Waals surface area contributed by atoms with Crippen LogP contribution < -0.4 is 4.74 Å². The summed E-state index contributed by atoms with van der Waals surface area (Å²) in [5, 5.41) is 19.6. The maximum Gasteiger partial charge on any atom is 0.204 e. The second-order valence-electron chi connectivity index (χ2n) is 5.63. The van der Waals surface area contributed by atoms with Gasteiger partial charge in [-0.2, -0.15) is 8.78 Å². The number of hydrogen-bond acceptors (Lipinski definition) is 4. The Morgan fingerprint density at radius 3 is 2.18 bits per heavy atom. The lowest BCUT2D eigenvalue weighted by molar-refractivity contribution is -0.108. The monoisotopic (exact) mass is 323 g/mol. The third-order valence-electron chi connectivity index (χ3n) is 3.98. The van der Waals surface area contributed by atoms with Crippen LogP contribution in [-0.2, 0) is 6.54 Å². The second kappa shape index (κ2) is 6.02. The summed E-state index contributed by atoms with van der Waals surface area (Å²) in [6.07, 6.45) is -0.960. The van der Waals surface area contributed by atoms with Crippen LogP contribution >= 0.6 is 0 Å². The molecule has 0 saturated carbocycles. The van der Waals surface area contributed by atoms with Gasteiger partial charge in [-0.25, -0.2) is 8.78 Å². The standard InChI is InChI=1S/C14H17F4NO3/c1-14(21)3-4-19(6-8(14)20)5-7-9(15)11(17)13(22-2)12(18)10(7)16/h8,20-21H,3-6H2,1-2H3/t8-,14+/m1/s1. The van der Waals surface area contributed by atoms with Gasteiger partial charge in [0.2, 0.25) is 11.6 Å². The van der Waals surface area contributed by atoms with Gasteiger partial charge < -0.3 is 14.9 Å². The van der Waals surface area contributed by atoms with Gasteiger partial charge >= 0.3 is 0 Å². The fraction of sp³-hybridized carbons (Fsp3) is 0.571. The minimum absolute atomic E-state index is 0.0683. The molecule has 1 aromatic carbocycles. The van der Waals surface area contributed by atoms with Gasteiger partial charge in [-0.05, 0) is 13.3 Å². The molecule has 2 atom stereocenters. The molecule has 1 heterocycles. The molecule has 22 heavy (non-hydrogen) atoms. The third kappa shape index (κ3) is 2.90. The third-order valence-corrected chi connectivity index (χ3v) is 3.98. The average Bonchev–Trinajstić information content (AvgIpc) is 2.46. The summed E-state index contributed by atoms with van der Waals surface area (Å²) in [5.41, 5.74) is -2.08. The minimum Gasteiger partial charge on any atom is -0.491 e. The van der Waals surface area contributed by atoms with Crippen molar-refractivity contribution in [1.82, 2.24) is 4.90 Å². The number of aliphatic hydroxyl groups excluding tert-OH is 1. The zero-order chi connectivity index (χ0) is 16.7. The maximum atomic E-state index is 13.9. The van der Waals surface area contributed by atoms with Crippen molar-refractivity contribution in [3.63, 3.8) is 0 Å². The summed E-state index contributed by atoms with van der Waals surface area (Å²) >= 11 is 0. The number of aliphatic hydroxyl groups is 2. The van der Waals surface area contributed by atoms with Crippen LogP contribution in [0.25, 0.3) is 0 Å². The quantitative estimate of drug-likeness (QED) is 0.655. The molecular weight excluding hydrogens is 306 g/mol. The molecule has 124 valence electrons. The smallest absolute Gasteiger partial charge is 0.204 e. The Morgan fingerprint density at radius 2 is 1.73 bits per heavy atom. The van der Waals surface area contributed by atoms with Crippen molar-refractivity contribution in [2.45, 2.75) is 31.6 Å². The number of likely N-dealkylation sites (tertiary alicyclic amines) is 1. The molecule has 0 aromatic heterocycles. The highest BCUT2D eigenvalue weighted by Crippen LogP contribution is 2.31. The Balaban J connectivity index is 2.28. The van der Waals surface area contributed by atoms with E-state index in [0.29, 0.717) is 0 Å². The van der Waals surface area contributed by atoms with Crippen molar-refractivity contribution in [3.05, 3.63) is 28.8 Å². The molecule has 1 fully saturated rings. The van der Waals surface area contributed by atoms with Crippen LogP contribution in [-0.4, -0.2) is 47.0 Å². The van der Waals surface area contributed by atoms with Gasteiger partial charge in [0.05, 0.1) is 18.8 Å². The predicted molar refractivity (Wildman–Crippen MR) is 69.4 cm³/mol. The van der Waals surface area contributed by atoms with Crippen molar-refractivity contribution in [1.29, 1.82) is 0 Å². The molecule has 2 N–H and O–H groups in total. The van der Waals surface area contributed by atoms with Crippen LogP contribution in [0.1, 0.15) is 18.9 Å². The van der Waals surface area contributed by atoms with Crippen LogP contribution in [0.3, 0.4) is 0 Å². The van der Waals surface area contributed by atoms with E-state index in [-0.39, 0.29) is 19.5 Å². The van der Waals surface area contributed by atoms with Crippen molar-refractivity contribution >= 4 is 0 Å². The first-order chi connectivity index (χ1) is 10.2. The van der Waals surface area contributed by atoms with E-state index in [2.05, 4.69) is 4.74 Å². The first-order valence-electron chi connectivity index (χ1n) is 6.70. The molecule has 2 rings (SSSR count). The van der Waals surface area contributed by atoms with Gasteiger partial charge in [0, 0.05) is 25.2 Å². The van der Waals surface area contributed by atoms with E-state index < -0.39 is 52.8 Å². The van der Waals surface area contributed by atoms with Crippen molar-refractivity contribution in [2.75, 3.05) is 20.2 Å². The van der Waals surface area contributed by atoms with Crippen molar-refractivity contribution in [3.8, 4) is 5.75 Å². The molecule has 0 amide bonds. The lowest BCUT2D eigenvalue weighted by atomic mass is 9.90. The Labute approximate surface area is 124 Å². The van der Waals surface area contributed by atoms with Crippen LogP contribution in [0.2, 0.25) is 0 Å². The van der Waals surface area contributed by atoms with E-state index in [1.54, 1.807) is 0 Å². The molecule has 0 aliphatic carbocycles. The number of β-amino-alcohol motifs (C(OH)–C–C–N with tert-alkyl or cyclic N) is 1. The normalized spacial score (nSPS) is 26.3. The van der Waals surface area contributed by atoms with Gasteiger partial charge in [-0.1, -0.05) is 0 Å². The molecule has 0 bridgehead atoms. The summed E-state index contributed by atoms with van der Waals surface area (Å²) in [4.78, 5) is 1.41. The Morgan fingerprint density at radius 1 is 1.18 bits per heavy atom. The summed E-state index contributed by atoms with van der Waals surface area (Å²) in [6, 6.07) is 0. The number of ether oxygens (including phenoxy) is 1. The molecular formula is C14H17F4NO3. The highest BCUT2D eigenvalue weighted by atomic mass is 19.2. The van der Waals surface area contributed by atoms with Gasteiger partial charge in [0.1, 0.15) is 0 Å². The average molecular weight is 323 g/mol. The molecule has 1 aliphatic heterocycles. The number of methoxy groups -OCH3 is 1. The van der Waals surface area contributed by atoms with Crippen LogP contribution in [0.4, 0.5) is 17.6 Å². The number of nitrogens with zero attached hydrogens (tertiary/aromatic N) is 1.